The molecule has 15 heavy (non-hydrogen) atoms. The van der Waals surface area contributed by atoms with E-state index in [9.17, 15) is 0 Å². The molecule has 2 aromatic rings. The van der Waals surface area contributed by atoms with Crippen LogP contribution in [0.1, 0.15) is 5.56 Å². The molecule has 2 N–H and O–H groups in total. The molecular formula is C9H11N5S. The molecule has 0 fully saturated rings. The van der Waals surface area contributed by atoms with Crippen molar-refractivity contribution in [2.45, 2.75) is 17.0 Å². The van der Waals surface area contributed by atoms with E-state index >= 15 is 0 Å². The van der Waals surface area contributed by atoms with Gasteiger partial charge >= 0.3 is 0 Å². The summed E-state index contributed by atoms with van der Waals surface area (Å²) in [7, 11) is 1.81. The van der Waals surface area contributed by atoms with Gasteiger partial charge in [0.05, 0.1) is 0 Å². The van der Waals surface area contributed by atoms with E-state index < -0.39 is 0 Å². The first-order valence-electron chi connectivity index (χ1n) is 4.43. The maximum atomic E-state index is 5.82. The van der Waals surface area contributed by atoms with Crippen LogP contribution in [0.2, 0.25) is 0 Å². The average molecular weight is 221 g/mol. The second kappa shape index (κ2) is 3.90. The zero-order valence-corrected chi connectivity index (χ0v) is 9.32. The third kappa shape index (κ3) is 2.10. The summed E-state index contributed by atoms with van der Waals surface area (Å²) in [5.74, 6) is 0. The molecule has 0 aliphatic carbocycles. The van der Waals surface area contributed by atoms with Crippen molar-refractivity contribution in [3.63, 3.8) is 0 Å². The van der Waals surface area contributed by atoms with Crippen molar-refractivity contribution < 1.29 is 0 Å². The minimum atomic E-state index is 0.748. The van der Waals surface area contributed by atoms with Crippen LogP contribution >= 0.6 is 11.8 Å². The molecule has 0 atom stereocenters. The first kappa shape index (κ1) is 9.97. The Bertz CT molecular complexity index is 479. The van der Waals surface area contributed by atoms with Crippen LogP contribution in [-0.4, -0.2) is 20.2 Å². The van der Waals surface area contributed by atoms with Crippen LogP contribution in [0.25, 0.3) is 0 Å². The molecule has 0 amide bonds. The summed E-state index contributed by atoms with van der Waals surface area (Å²) in [4.78, 5) is 1.04. The molecule has 1 aromatic heterocycles. The number of nitrogens with two attached hydrogens (primary N) is 1. The van der Waals surface area contributed by atoms with Crippen LogP contribution in [0.4, 0.5) is 5.69 Å². The van der Waals surface area contributed by atoms with Gasteiger partial charge in [0.1, 0.15) is 0 Å². The molecular weight excluding hydrogens is 210 g/mol. The predicted octanol–water partition coefficient (Wildman–Crippen LogP) is 1.25. The van der Waals surface area contributed by atoms with Gasteiger partial charge in [0, 0.05) is 17.6 Å². The number of aromatic nitrogens is 4. The fraction of sp³-hybridized carbons (Fsp3) is 0.222. The highest BCUT2D eigenvalue weighted by Gasteiger charge is 2.05. The van der Waals surface area contributed by atoms with E-state index in [-0.39, 0.29) is 0 Å². The lowest BCUT2D eigenvalue weighted by Gasteiger charge is -2.03. The fourth-order valence-electron chi connectivity index (χ4n) is 1.10. The highest BCUT2D eigenvalue weighted by Crippen LogP contribution is 2.27. The molecule has 0 aliphatic heterocycles. The number of nitrogens with zero attached hydrogens (tertiary/aromatic N) is 4. The smallest absolute Gasteiger partial charge is 0.213 e. The van der Waals surface area contributed by atoms with E-state index in [2.05, 4.69) is 15.5 Å². The Morgan fingerprint density at radius 2 is 2.20 bits per heavy atom. The van der Waals surface area contributed by atoms with E-state index in [0.717, 1.165) is 21.3 Å². The van der Waals surface area contributed by atoms with E-state index in [4.69, 9.17) is 5.73 Å². The molecule has 0 unspecified atom stereocenters. The molecule has 2 rings (SSSR count). The van der Waals surface area contributed by atoms with Crippen LogP contribution in [0.3, 0.4) is 0 Å². The summed E-state index contributed by atoms with van der Waals surface area (Å²) in [6.07, 6.45) is 0. The van der Waals surface area contributed by atoms with E-state index in [1.807, 2.05) is 25.1 Å². The van der Waals surface area contributed by atoms with Crippen LogP contribution in [0.5, 0.6) is 0 Å². The summed E-state index contributed by atoms with van der Waals surface area (Å²) in [5.41, 5.74) is 7.68. The molecule has 1 heterocycles. The molecule has 0 saturated carbocycles. The van der Waals surface area contributed by atoms with Gasteiger partial charge in [-0.2, -0.15) is 0 Å². The first-order valence-corrected chi connectivity index (χ1v) is 5.25. The fourth-order valence-corrected chi connectivity index (χ4v) is 1.87. The van der Waals surface area contributed by atoms with Gasteiger partial charge in [-0.05, 0) is 46.8 Å². The number of benzene rings is 1. The molecule has 6 heteroatoms. The van der Waals surface area contributed by atoms with Gasteiger partial charge in [0.25, 0.3) is 0 Å². The molecule has 0 aliphatic rings. The number of anilines is 1. The monoisotopic (exact) mass is 221 g/mol. The third-order valence-electron chi connectivity index (χ3n) is 2.04. The lowest BCUT2D eigenvalue weighted by molar-refractivity contribution is 0.664. The summed E-state index contributed by atoms with van der Waals surface area (Å²) >= 11 is 1.49. The van der Waals surface area contributed by atoms with Crippen LogP contribution in [0.15, 0.2) is 28.3 Å². The second-order valence-corrected chi connectivity index (χ2v) is 4.25. The maximum absolute atomic E-state index is 5.82. The van der Waals surface area contributed by atoms with Gasteiger partial charge in [-0.3, -0.25) is 0 Å². The highest BCUT2D eigenvalue weighted by atomic mass is 32.2. The van der Waals surface area contributed by atoms with Gasteiger partial charge in [-0.1, -0.05) is 6.07 Å². The summed E-state index contributed by atoms with van der Waals surface area (Å²) in [6.45, 7) is 1.98. The molecule has 5 nitrogen and oxygen atoms in total. The van der Waals surface area contributed by atoms with Crippen molar-refractivity contribution in [3.05, 3.63) is 23.8 Å². The highest BCUT2D eigenvalue weighted by molar-refractivity contribution is 7.99. The van der Waals surface area contributed by atoms with Gasteiger partial charge in [-0.15, -0.1) is 5.10 Å². The molecule has 0 radical (unpaired) electrons. The van der Waals surface area contributed by atoms with Crippen LogP contribution < -0.4 is 5.73 Å². The normalized spacial score (nSPS) is 10.5. The zero-order valence-electron chi connectivity index (χ0n) is 8.51. The lowest BCUT2D eigenvalue weighted by atomic mass is 10.2. The van der Waals surface area contributed by atoms with Crippen LogP contribution in [-0.2, 0) is 7.05 Å². The Balaban J connectivity index is 2.25. The minimum Gasteiger partial charge on any atom is -0.398 e. The Morgan fingerprint density at radius 3 is 2.80 bits per heavy atom. The van der Waals surface area contributed by atoms with Gasteiger partial charge in [0.2, 0.25) is 5.16 Å². The number of hydrogen-bond donors (Lipinski definition) is 1. The Labute approximate surface area is 91.7 Å². The molecule has 0 bridgehead atoms. The van der Waals surface area contributed by atoms with Crippen molar-refractivity contribution in [1.82, 2.24) is 20.2 Å². The van der Waals surface area contributed by atoms with Gasteiger partial charge in [-0.25, -0.2) is 4.68 Å². The van der Waals surface area contributed by atoms with E-state index in [0.29, 0.717) is 0 Å². The summed E-state index contributed by atoms with van der Waals surface area (Å²) in [6, 6.07) is 5.92. The van der Waals surface area contributed by atoms with Crippen molar-refractivity contribution in [3.8, 4) is 0 Å². The summed E-state index contributed by atoms with van der Waals surface area (Å²) < 4.78 is 1.63. The lowest BCUT2D eigenvalue weighted by Crippen LogP contribution is -1.93. The van der Waals surface area contributed by atoms with Crippen molar-refractivity contribution in [2.24, 2.45) is 7.05 Å². The van der Waals surface area contributed by atoms with Crippen molar-refractivity contribution in [1.29, 1.82) is 0 Å². The minimum absolute atomic E-state index is 0.748. The number of nitrogen functional groups attached to an aromatic ring is 1. The van der Waals surface area contributed by atoms with Crippen molar-refractivity contribution in [2.75, 3.05) is 5.73 Å². The zero-order chi connectivity index (χ0) is 10.8. The SMILES string of the molecule is Cc1ccc(Sc2nnnn2C)cc1N. The maximum Gasteiger partial charge on any atom is 0.213 e. The van der Waals surface area contributed by atoms with Crippen LogP contribution in [0, 0.1) is 6.92 Å². The third-order valence-corrected chi connectivity index (χ3v) is 3.06. The van der Waals surface area contributed by atoms with Crippen molar-refractivity contribution >= 4 is 17.4 Å². The number of hydrogen-bond acceptors (Lipinski definition) is 5. The summed E-state index contributed by atoms with van der Waals surface area (Å²) in [5, 5.41) is 12.0. The average Bonchev–Trinajstić information content (AvgIpc) is 2.59. The number of tetrazole rings is 1. The molecule has 0 spiro atoms. The quantitative estimate of drug-likeness (QED) is 0.773. The topological polar surface area (TPSA) is 69.6 Å². The van der Waals surface area contributed by atoms with E-state index in [1.54, 1.807) is 11.7 Å². The molecule has 0 saturated heterocycles. The second-order valence-electron chi connectivity index (χ2n) is 3.21. The number of aryl methyl sites for hydroxylation is 2. The van der Waals surface area contributed by atoms with E-state index in [1.165, 1.54) is 11.8 Å². The van der Waals surface area contributed by atoms with Gasteiger partial charge in [0.15, 0.2) is 0 Å². The van der Waals surface area contributed by atoms with Gasteiger partial charge < -0.3 is 5.73 Å². The number of rotatable bonds is 2. The first-order chi connectivity index (χ1) is 7.16. The largest absolute Gasteiger partial charge is 0.398 e. The standard InChI is InChI=1S/C9H11N5S/c1-6-3-4-7(5-8(6)10)15-9-11-12-13-14(9)2/h3-5H,10H2,1-2H3. The Hall–Kier alpha value is -1.56. The molecule has 1 aromatic carbocycles. The predicted molar refractivity (Wildman–Crippen MR) is 58.5 cm³/mol. The Kier molecular flexibility index (Phi) is 2.59. The Morgan fingerprint density at radius 1 is 1.40 bits per heavy atom. The molecule has 78 valence electrons.